The second-order valence-electron chi connectivity index (χ2n) is 4.91. The van der Waals surface area contributed by atoms with Crippen molar-refractivity contribution in [2.45, 2.75) is 0 Å². The number of para-hydroxylation sites is 2. The van der Waals surface area contributed by atoms with Gasteiger partial charge in [0.05, 0.1) is 19.2 Å². The summed E-state index contributed by atoms with van der Waals surface area (Å²) in [4.78, 5) is 23.6. The Morgan fingerprint density at radius 2 is 1.72 bits per heavy atom. The number of carbonyl (C=O) groups is 2. The molecule has 0 aliphatic heterocycles. The van der Waals surface area contributed by atoms with Crippen LogP contribution in [-0.4, -0.2) is 38.7 Å². The summed E-state index contributed by atoms with van der Waals surface area (Å²) in [5, 5.41) is 2.62. The summed E-state index contributed by atoms with van der Waals surface area (Å²) in [7, 11) is 1.56. The number of esters is 1. The molecule has 6 nitrogen and oxygen atoms in total. The van der Waals surface area contributed by atoms with Crippen molar-refractivity contribution < 1.29 is 23.8 Å². The van der Waals surface area contributed by atoms with E-state index in [0.717, 1.165) is 0 Å². The van der Waals surface area contributed by atoms with Crippen molar-refractivity contribution in [3.05, 3.63) is 58.6 Å². The molecule has 0 atom stereocenters. The summed E-state index contributed by atoms with van der Waals surface area (Å²) >= 11 is 3.26. The summed E-state index contributed by atoms with van der Waals surface area (Å²) in [5.74, 6) is 0.257. The zero-order chi connectivity index (χ0) is 18.1. The van der Waals surface area contributed by atoms with Crippen LogP contribution >= 0.6 is 15.9 Å². The minimum Gasteiger partial charge on any atom is -0.493 e. The highest BCUT2D eigenvalue weighted by Crippen LogP contribution is 2.25. The number of methoxy groups -OCH3 is 1. The predicted octanol–water partition coefficient (Wildman–Crippen LogP) is 2.81. The number of benzene rings is 2. The molecule has 0 heterocycles. The van der Waals surface area contributed by atoms with E-state index in [0.29, 0.717) is 21.5 Å². The molecule has 0 bridgehead atoms. The van der Waals surface area contributed by atoms with Crippen molar-refractivity contribution in [1.29, 1.82) is 0 Å². The third-order valence-electron chi connectivity index (χ3n) is 3.18. The summed E-state index contributed by atoms with van der Waals surface area (Å²) in [6.07, 6.45) is 0. The Labute approximate surface area is 154 Å². The van der Waals surface area contributed by atoms with E-state index in [1.54, 1.807) is 43.5 Å². The predicted molar refractivity (Wildman–Crippen MR) is 95.9 cm³/mol. The lowest BCUT2D eigenvalue weighted by Crippen LogP contribution is -2.32. The van der Waals surface area contributed by atoms with E-state index in [1.165, 1.54) is 0 Å². The number of hydrogen-bond donors (Lipinski definition) is 1. The van der Waals surface area contributed by atoms with E-state index in [1.807, 2.05) is 12.1 Å². The molecule has 132 valence electrons. The maximum atomic E-state index is 11.9. The van der Waals surface area contributed by atoms with Crippen LogP contribution in [-0.2, 0) is 9.53 Å². The van der Waals surface area contributed by atoms with E-state index in [-0.39, 0.29) is 19.8 Å². The van der Waals surface area contributed by atoms with E-state index in [9.17, 15) is 9.59 Å². The largest absolute Gasteiger partial charge is 0.493 e. The molecule has 7 heteroatoms. The van der Waals surface area contributed by atoms with Gasteiger partial charge in [-0.05, 0) is 40.2 Å². The highest BCUT2D eigenvalue weighted by molar-refractivity contribution is 9.10. The second-order valence-corrected chi connectivity index (χ2v) is 5.76. The van der Waals surface area contributed by atoms with E-state index in [4.69, 9.17) is 14.2 Å². The third kappa shape index (κ3) is 5.79. The highest BCUT2D eigenvalue weighted by atomic mass is 79.9. The van der Waals surface area contributed by atoms with Gasteiger partial charge in [-0.25, -0.2) is 4.79 Å². The zero-order valence-corrected chi connectivity index (χ0v) is 15.2. The van der Waals surface area contributed by atoms with Crippen LogP contribution in [0, 0.1) is 0 Å². The molecule has 2 aromatic rings. The Balaban J connectivity index is 1.69. The molecule has 1 N–H and O–H groups in total. The molecule has 0 spiro atoms. The first-order chi connectivity index (χ1) is 12.1. The van der Waals surface area contributed by atoms with E-state index < -0.39 is 11.9 Å². The van der Waals surface area contributed by atoms with Gasteiger partial charge in [0.25, 0.3) is 5.91 Å². The maximum absolute atomic E-state index is 11.9. The average Bonchev–Trinajstić information content (AvgIpc) is 2.64. The first kappa shape index (κ1) is 18.8. The first-order valence-electron chi connectivity index (χ1n) is 7.56. The molecule has 0 radical (unpaired) electrons. The number of ether oxygens (including phenoxy) is 3. The number of amides is 1. The summed E-state index contributed by atoms with van der Waals surface area (Å²) in [5.41, 5.74) is 0.370. The van der Waals surface area contributed by atoms with E-state index in [2.05, 4.69) is 21.2 Å². The molecule has 25 heavy (non-hydrogen) atoms. The maximum Gasteiger partial charge on any atom is 0.339 e. The fraction of sp³-hybridized carbons (Fsp3) is 0.222. The fourth-order valence-electron chi connectivity index (χ4n) is 1.98. The number of halogens is 1. The van der Waals surface area contributed by atoms with Gasteiger partial charge in [0, 0.05) is 4.47 Å². The average molecular weight is 408 g/mol. The topological polar surface area (TPSA) is 73.9 Å². The number of nitrogens with one attached hydrogen (secondary N) is 1. The van der Waals surface area contributed by atoms with Gasteiger partial charge in [-0.3, -0.25) is 4.79 Å². The van der Waals surface area contributed by atoms with Crippen molar-refractivity contribution >= 4 is 27.8 Å². The molecule has 0 saturated heterocycles. The summed E-state index contributed by atoms with van der Waals surface area (Å²) in [6.45, 7) is 0.197. The molecule has 0 aliphatic rings. The molecule has 2 rings (SSSR count). The van der Waals surface area contributed by atoms with Crippen LogP contribution < -0.4 is 14.8 Å². The zero-order valence-electron chi connectivity index (χ0n) is 13.7. The quantitative estimate of drug-likeness (QED) is 0.537. The van der Waals surface area contributed by atoms with Gasteiger partial charge in [-0.1, -0.05) is 24.3 Å². The van der Waals surface area contributed by atoms with Crippen molar-refractivity contribution in [3.8, 4) is 11.5 Å². The Morgan fingerprint density at radius 1 is 1.04 bits per heavy atom. The van der Waals surface area contributed by atoms with Crippen molar-refractivity contribution in [2.75, 3.05) is 26.9 Å². The lowest BCUT2D eigenvalue weighted by Gasteiger charge is -2.11. The molecular formula is C18H18BrNO5. The monoisotopic (exact) mass is 407 g/mol. The Morgan fingerprint density at radius 3 is 2.44 bits per heavy atom. The Kier molecular flexibility index (Phi) is 7.28. The molecule has 1 amide bonds. The first-order valence-corrected chi connectivity index (χ1v) is 8.35. The number of rotatable bonds is 8. The smallest absolute Gasteiger partial charge is 0.339 e. The third-order valence-corrected chi connectivity index (χ3v) is 3.87. The van der Waals surface area contributed by atoms with Crippen LogP contribution in [0.1, 0.15) is 10.4 Å². The van der Waals surface area contributed by atoms with Crippen LogP contribution in [0.5, 0.6) is 11.5 Å². The Hall–Kier alpha value is -2.54. The van der Waals surface area contributed by atoms with Crippen LogP contribution in [0.2, 0.25) is 0 Å². The van der Waals surface area contributed by atoms with Gasteiger partial charge < -0.3 is 19.5 Å². The fourth-order valence-corrected chi connectivity index (χ4v) is 2.42. The second kappa shape index (κ2) is 9.68. The van der Waals surface area contributed by atoms with Crippen LogP contribution in [0.4, 0.5) is 0 Å². The minimum absolute atomic E-state index is 0.268. The summed E-state index contributed by atoms with van der Waals surface area (Å²) in [6, 6.07) is 14.1. The molecule has 0 aromatic heterocycles. The molecule has 0 aliphatic carbocycles. The highest BCUT2D eigenvalue weighted by Gasteiger charge is 2.12. The van der Waals surface area contributed by atoms with Crippen molar-refractivity contribution in [1.82, 2.24) is 5.32 Å². The van der Waals surface area contributed by atoms with E-state index >= 15 is 0 Å². The van der Waals surface area contributed by atoms with Crippen LogP contribution in [0.15, 0.2) is 53.0 Å². The van der Waals surface area contributed by atoms with Gasteiger partial charge in [0.2, 0.25) is 0 Å². The van der Waals surface area contributed by atoms with Gasteiger partial charge in [0.15, 0.2) is 18.1 Å². The SMILES string of the molecule is COc1ccccc1OCCNC(=O)COC(=O)c1ccccc1Br. The molecule has 0 saturated carbocycles. The lowest BCUT2D eigenvalue weighted by molar-refractivity contribution is -0.124. The van der Waals surface area contributed by atoms with Crippen LogP contribution in [0.25, 0.3) is 0 Å². The van der Waals surface area contributed by atoms with Gasteiger partial charge in [0.1, 0.15) is 6.61 Å². The van der Waals surface area contributed by atoms with Crippen molar-refractivity contribution in [3.63, 3.8) is 0 Å². The van der Waals surface area contributed by atoms with Gasteiger partial charge in [-0.2, -0.15) is 0 Å². The van der Waals surface area contributed by atoms with Gasteiger partial charge in [-0.15, -0.1) is 0 Å². The van der Waals surface area contributed by atoms with Gasteiger partial charge >= 0.3 is 5.97 Å². The standard InChI is InChI=1S/C18H18BrNO5/c1-23-15-8-4-5-9-16(15)24-11-10-20-17(21)12-25-18(22)13-6-2-3-7-14(13)19/h2-9H,10-12H2,1H3,(H,20,21). The molecular weight excluding hydrogens is 390 g/mol. The molecule has 0 fully saturated rings. The van der Waals surface area contributed by atoms with Crippen molar-refractivity contribution in [2.24, 2.45) is 0 Å². The number of carbonyl (C=O) groups excluding carboxylic acids is 2. The number of hydrogen-bond acceptors (Lipinski definition) is 5. The molecule has 0 unspecified atom stereocenters. The summed E-state index contributed by atoms with van der Waals surface area (Å²) < 4.78 is 16.3. The van der Waals surface area contributed by atoms with Crippen LogP contribution in [0.3, 0.4) is 0 Å². The normalized spacial score (nSPS) is 10.0. The lowest BCUT2D eigenvalue weighted by atomic mass is 10.2. The molecule has 2 aromatic carbocycles. The Bertz CT molecular complexity index is 735. The minimum atomic E-state index is -0.562.